The summed E-state index contributed by atoms with van der Waals surface area (Å²) in [5, 5.41) is 6.76. The highest BCUT2D eigenvalue weighted by Gasteiger charge is 2.34. The van der Waals surface area contributed by atoms with Gasteiger partial charge in [0.05, 0.1) is 11.1 Å². The zero-order valence-electron chi connectivity index (χ0n) is 20.3. The quantitative estimate of drug-likeness (QED) is 0.356. The van der Waals surface area contributed by atoms with Crippen molar-refractivity contribution < 1.29 is 9.59 Å². The molecule has 6 heteroatoms. The van der Waals surface area contributed by atoms with Crippen LogP contribution in [-0.4, -0.2) is 11.8 Å². The van der Waals surface area contributed by atoms with Gasteiger partial charge >= 0.3 is 0 Å². The number of anilines is 2. The van der Waals surface area contributed by atoms with Crippen LogP contribution in [0, 0.1) is 25.2 Å². The lowest BCUT2D eigenvalue weighted by atomic mass is 9.72. The Kier molecular flexibility index (Phi) is 7.02. The Bertz CT molecular complexity index is 1260. The summed E-state index contributed by atoms with van der Waals surface area (Å²) in [5.74, 6) is 0.150. The molecule has 1 aliphatic carbocycles. The number of nitrogens with one attached hydrogen (secondary N) is 2. The Morgan fingerprint density at radius 3 is 2.41 bits per heavy atom. The molecule has 0 saturated heterocycles. The highest BCUT2D eigenvalue weighted by molar-refractivity contribution is 9.10. The molecule has 0 radical (unpaired) electrons. The van der Waals surface area contributed by atoms with Crippen molar-refractivity contribution in [2.75, 3.05) is 10.6 Å². The molecular weight excluding hydrogens is 508 g/mol. The molecule has 4 nitrogen and oxygen atoms in total. The standard InChI is InChI=1S/C28H31BrN2O2S/c1-16-10-12-19(14-17(16)2)30-26(33)24-21-13-11-18(28(3,4)5)15-23(21)34-27(24)31-25(32)20-8-6-7-9-22(20)29/h6-10,12,14,18H,11,13,15H2,1-5H3,(H,30,33)(H,31,32). The SMILES string of the molecule is Cc1ccc(NC(=O)c2c(NC(=O)c3ccccc3Br)sc3c2CCC(C(C)(C)C)C3)cc1C. The van der Waals surface area contributed by atoms with E-state index in [1.165, 1.54) is 10.4 Å². The number of aryl methyl sites for hydroxylation is 2. The van der Waals surface area contributed by atoms with Crippen LogP contribution in [-0.2, 0) is 12.8 Å². The number of rotatable bonds is 4. The number of fused-ring (bicyclic) bond motifs is 1. The fourth-order valence-corrected chi connectivity index (χ4v) is 6.27. The summed E-state index contributed by atoms with van der Waals surface area (Å²) in [5.41, 5.74) is 5.49. The summed E-state index contributed by atoms with van der Waals surface area (Å²) in [6.07, 6.45) is 2.81. The first kappa shape index (κ1) is 24.7. The van der Waals surface area contributed by atoms with Crippen molar-refractivity contribution in [2.45, 2.75) is 53.9 Å². The van der Waals surface area contributed by atoms with Crippen molar-refractivity contribution in [2.24, 2.45) is 11.3 Å². The van der Waals surface area contributed by atoms with Gasteiger partial charge in [-0.25, -0.2) is 0 Å². The Balaban J connectivity index is 1.70. The van der Waals surface area contributed by atoms with Crippen LogP contribution in [0.4, 0.5) is 10.7 Å². The van der Waals surface area contributed by atoms with Gasteiger partial charge in [0, 0.05) is 15.0 Å². The fourth-order valence-electron chi connectivity index (χ4n) is 4.48. The molecule has 1 aliphatic rings. The van der Waals surface area contributed by atoms with Gasteiger partial charge in [-0.3, -0.25) is 9.59 Å². The minimum Gasteiger partial charge on any atom is -0.322 e. The molecule has 4 rings (SSSR count). The first-order valence-corrected chi connectivity index (χ1v) is 13.2. The van der Waals surface area contributed by atoms with Gasteiger partial charge in [-0.1, -0.05) is 39.0 Å². The molecule has 1 unspecified atom stereocenters. The van der Waals surface area contributed by atoms with Crippen LogP contribution in [0.15, 0.2) is 46.9 Å². The highest BCUT2D eigenvalue weighted by Crippen LogP contribution is 2.44. The largest absolute Gasteiger partial charge is 0.322 e. The fraction of sp³-hybridized carbons (Fsp3) is 0.357. The first-order valence-electron chi connectivity index (χ1n) is 11.6. The summed E-state index contributed by atoms with van der Waals surface area (Å²) in [7, 11) is 0. The summed E-state index contributed by atoms with van der Waals surface area (Å²) in [6.45, 7) is 10.9. The second-order valence-corrected chi connectivity index (χ2v) is 12.2. The maximum Gasteiger partial charge on any atom is 0.258 e. The van der Waals surface area contributed by atoms with Crippen molar-refractivity contribution in [1.29, 1.82) is 0 Å². The molecule has 3 aromatic rings. The first-order chi connectivity index (χ1) is 16.0. The minimum absolute atomic E-state index is 0.169. The predicted molar refractivity (Wildman–Crippen MR) is 145 cm³/mol. The van der Waals surface area contributed by atoms with Gasteiger partial charge in [0.25, 0.3) is 11.8 Å². The lowest BCUT2D eigenvalue weighted by molar-refractivity contribution is 0.102. The lowest BCUT2D eigenvalue weighted by Gasteiger charge is -2.33. The number of benzene rings is 2. The second kappa shape index (κ2) is 9.67. The molecule has 178 valence electrons. The number of thiophene rings is 1. The van der Waals surface area contributed by atoms with Crippen LogP contribution in [0.1, 0.15) is 69.5 Å². The van der Waals surface area contributed by atoms with Crippen molar-refractivity contribution >= 4 is 49.8 Å². The molecule has 1 atom stereocenters. The summed E-state index contributed by atoms with van der Waals surface area (Å²) in [4.78, 5) is 27.9. The van der Waals surface area contributed by atoms with Crippen LogP contribution in [0.5, 0.6) is 0 Å². The second-order valence-electron chi connectivity index (χ2n) is 10.2. The van der Waals surface area contributed by atoms with Gasteiger partial charge < -0.3 is 10.6 Å². The van der Waals surface area contributed by atoms with Gasteiger partial charge in [0.2, 0.25) is 0 Å². The summed E-state index contributed by atoms with van der Waals surface area (Å²) in [6, 6.07) is 13.2. The zero-order valence-corrected chi connectivity index (χ0v) is 22.7. The molecule has 2 amide bonds. The lowest BCUT2D eigenvalue weighted by Crippen LogP contribution is -2.27. The molecular formula is C28H31BrN2O2S. The number of halogens is 1. The van der Waals surface area contributed by atoms with Crippen LogP contribution in [0.2, 0.25) is 0 Å². The van der Waals surface area contributed by atoms with E-state index in [1.54, 1.807) is 17.4 Å². The van der Waals surface area contributed by atoms with Crippen LogP contribution >= 0.6 is 27.3 Å². The molecule has 1 aromatic heterocycles. The maximum absolute atomic E-state index is 13.6. The van der Waals surface area contributed by atoms with Gasteiger partial charge in [-0.2, -0.15) is 0 Å². The normalized spacial score (nSPS) is 15.5. The van der Waals surface area contributed by atoms with E-state index in [0.717, 1.165) is 40.5 Å². The summed E-state index contributed by atoms with van der Waals surface area (Å²) < 4.78 is 0.725. The van der Waals surface area contributed by atoms with Gasteiger partial charge in [0.15, 0.2) is 0 Å². The van der Waals surface area contributed by atoms with E-state index in [1.807, 2.05) is 43.3 Å². The number of carbonyl (C=O) groups is 2. The van der Waals surface area contributed by atoms with Crippen molar-refractivity contribution in [1.82, 2.24) is 0 Å². The maximum atomic E-state index is 13.6. The Morgan fingerprint density at radius 1 is 1.00 bits per heavy atom. The average Bonchev–Trinajstić information content (AvgIpc) is 3.13. The number of hydrogen-bond acceptors (Lipinski definition) is 3. The third-order valence-corrected chi connectivity index (χ3v) is 8.69. The van der Waals surface area contributed by atoms with E-state index in [9.17, 15) is 9.59 Å². The van der Waals surface area contributed by atoms with Crippen LogP contribution in [0.25, 0.3) is 0 Å². The van der Waals surface area contributed by atoms with E-state index < -0.39 is 0 Å². The molecule has 0 bridgehead atoms. The van der Waals surface area contributed by atoms with Gasteiger partial charge in [-0.05, 0) is 101 Å². The molecule has 1 heterocycles. The van der Waals surface area contributed by atoms with Crippen molar-refractivity contribution in [3.05, 3.63) is 79.6 Å². The topological polar surface area (TPSA) is 58.2 Å². The molecule has 0 saturated carbocycles. The Morgan fingerprint density at radius 2 is 1.74 bits per heavy atom. The highest BCUT2D eigenvalue weighted by atomic mass is 79.9. The Hall–Kier alpha value is -2.44. The third-order valence-electron chi connectivity index (χ3n) is 6.83. The van der Waals surface area contributed by atoms with E-state index in [4.69, 9.17) is 0 Å². The van der Waals surface area contributed by atoms with E-state index in [-0.39, 0.29) is 17.2 Å². The van der Waals surface area contributed by atoms with Crippen LogP contribution < -0.4 is 10.6 Å². The zero-order chi connectivity index (χ0) is 24.6. The molecule has 2 N–H and O–H groups in total. The molecule has 34 heavy (non-hydrogen) atoms. The van der Waals surface area contributed by atoms with E-state index in [0.29, 0.717) is 22.0 Å². The smallest absolute Gasteiger partial charge is 0.258 e. The molecule has 0 fully saturated rings. The van der Waals surface area contributed by atoms with Gasteiger partial charge in [0.1, 0.15) is 5.00 Å². The molecule has 2 aromatic carbocycles. The molecule has 0 spiro atoms. The van der Waals surface area contributed by atoms with Crippen molar-refractivity contribution in [3.8, 4) is 0 Å². The number of amides is 2. The third kappa shape index (κ3) is 5.13. The monoisotopic (exact) mass is 538 g/mol. The van der Waals surface area contributed by atoms with Gasteiger partial charge in [-0.15, -0.1) is 11.3 Å². The van der Waals surface area contributed by atoms with E-state index in [2.05, 4.69) is 54.3 Å². The number of carbonyl (C=O) groups excluding carboxylic acids is 2. The van der Waals surface area contributed by atoms with Crippen molar-refractivity contribution in [3.63, 3.8) is 0 Å². The number of hydrogen-bond donors (Lipinski definition) is 2. The summed E-state index contributed by atoms with van der Waals surface area (Å²) >= 11 is 5.01. The predicted octanol–water partition coefficient (Wildman–Crippen LogP) is 7.78. The minimum atomic E-state index is -0.223. The van der Waals surface area contributed by atoms with Crippen LogP contribution in [0.3, 0.4) is 0 Å². The Labute approximate surface area is 214 Å². The van der Waals surface area contributed by atoms with E-state index >= 15 is 0 Å². The average molecular weight is 540 g/mol. The molecule has 0 aliphatic heterocycles.